The van der Waals surface area contributed by atoms with Crippen LogP contribution in [0, 0.1) is 6.92 Å². The maximum Gasteiger partial charge on any atom is 0.348 e. The average molecular weight is 416 g/mol. The Morgan fingerprint density at radius 3 is 2.66 bits per heavy atom. The molecule has 9 heteroatoms. The van der Waals surface area contributed by atoms with Crippen LogP contribution in [0.4, 0.5) is 5.00 Å². The fraction of sp³-hybridized carbons (Fsp3) is 0.250. The molecule has 29 heavy (non-hydrogen) atoms. The third kappa shape index (κ3) is 4.57. The summed E-state index contributed by atoms with van der Waals surface area (Å²) < 4.78 is 15.7. The van der Waals surface area contributed by atoms with Crippen LogP contribution in [0.15, 0.2) is 24.3 Å². The Kier molecular flexibility index (Phi) is 5.88. The van der Waals surface area contributed by atoms with Crippen LogP contribution >= 0.6 is 11.3 Å². The van der Waals surface area contributed by atoms with Gasteiger partial charge in [0.15, 0.2) is 11.5 Å². The summed E-state index contributed by atoms with van der Waals surface area (Å²) in [7, 11) is 0. The molecule has 2 amide bonds. The number of nitrogens with two attached hydrogens (primary N) is 1. The maximum atomic E-state index is 12.3. The molecule has 0 fully saturated rings. The number of rotatable bonds is 6. The monoisotopic (exact) mass is 416 g/mol. The number of hydrogen-bond acceptors (Lipinski definition) is 7. The highest BCUT2D eigenvalue weighted by Crippen LogP contribution is 2.34. The number of thiophene rings is 1. The van der Waals surface area contributed by atoms with Gasteiger partial charge in [-0.2, -0.15) is 0 Å². The first-order chi connectivity index (χ1) is 13.8. The number of carbonyl (C=O) groups excluding carboxylic acids is 3. The SMILES string of the molecule is Cc1c(C(=O)OC(C)C)sc(NC(=O)/C=C/c2ccc3c(c2)OCO3)c1C(N)=O. The lowest BCUT2D eigenvalue weighted by molar-refractivity contribution is -0.111. The first kappa shape index (κ1) is 20.4. The molecular formula is C20H20N2O6S. The van der Waals surface area contributed by atoms with E-state index in [0.717, 1.165) is 16.9 Å². The minimum atomic E-state index is -0.739. The quantitative estimate of drug-likeness (QED) is 0.552. The van der Waals surface area contributed by atoms with Gasteiger partial charge in [0.05, 0.1) is 11.7 Å². The summed E-state index contributed by atoms with van der Waals surface area (Å²) in [4.78, 5) is 36.7. The number of ether oxygens (including phenoxy) is 3. The molecule has 0 bridgehead atoms. The van der Waals surface area contributed by atoms with Gasteiger partial charge in [0.2, 0.25) is 12.7 Å². The Hall–Kier alpha value is -3.33. The van der Waals surface area contributed by atoms with Gasteiger partial charge in [-0.1, -0.05) is 6.07 Å². The van der Waals surface area contributed by atoms with E-state index in [1.165, 1.54) is 6.08 Å². The van der Waals surface area contributed by atoms with Gasteiger partial charge in [-0.3, -0.25) is 9.59 Å². The third-order valence-corrected chi connectivity index (χ3v) is 5.17. The zero-order chi connectivity index (χ0) is 21.1. The summed E-state index contributed by atoms with van der Waals surface area (Å²) in [5.74, 6) is -0.535. The average Bonchev–Trinajstić information content (AvgIpc) is 3.23. The Morgan fingerprint density at radius 1 is 1.24 bits per heavy atom. The van der Waals surface area contributed by atoms with E-state index in [2.05, 4.69) is 5.32 Å². The van der Waals surface area contributed by atoms with Crippen LogP contribution in [-0.4, -0.2) is 30.7 Å². The van der Waals surface area contributed by atoms with Crippen molar-refractivity contribution in [3.8, 4) is 11.5 Å². The van der Waals surface area contributed by atoms with Crippen LogP contribution < -0.4 is 20.5 Å². The van der Waals surface area contributed by atoms with E-state index >= 15 is 0 Å². The molecule has 1 aromatic heterocycles. The summed E-state index contributed by atoms with van der Waals surface area (Å²) in [6.07, 6.45) is 2.59. The Balaban J connectivity index is 1.78. The minimum absolute atomic E-state index is 0.0931. The van der Waals surface area contributed by atoms with E-state index in [1.807, 2.05) is 0 Å². The highest BCUT2D eigenvalue weighted by Gasteiger charge is 2.25. The number of nitrogens with one attached hydrogen (secondary N) is 1. The minimum Gasteiger partial charge on any atom is -0.459 e. The van der Waals surface area contributed by atoms with E-state index in [4.69, 9.17) is 19.9 Å². The van der Waals surface area contributed by atoms with Crippen molar-refractivity contribution in [1.82, 2.24) is 0 Å². The number of fused-ring (bicyclic) bond motifs is 1. The molecule has 1 aromatic carbocycles. The second-order valence-electron chi connectivity index (χ2n) is 6.51. The summed E-state index contributed by atoms with van der Waals surface area (Å²) in [5.41, 5.74) is 6.65. The third-order valence-electron chi connectivity index (χ3n) is 3.98. The van der Waals surface area contributed by atoms with E-state index in [9.17, 15) is 14.4 Å². The Morgan fingerprint density at radius 2 is 1.97 bits per heavy atom. The van der Waals surface area contributed by atoms with Crippen molar-refractivity contribution >= 4 is 40.2 Å². The number of esters is 1. The lowest BCUT2D eigenvalue weighted by Crippen LogP contribution is -2.16. The van der Waals surface area contributed by atoms with Gasteiger partial charge >= 0.3 is 5.97 Å². The van der Waals surface area contributed by atoms with Crippen molar-refractivity contribution in [2.45, 2.75) is 26.9 Å². The first-order valence-corrected chi connectivity index (χ1v) is 9.60. The molecule has 1 aliphatic rings. The van der Waals surface area contributed by atoms with Crippen LogP contribution in [-0.2, 0) is 9.53 Å². The second kappa shape index (κ2) is 8.36. The van der Waals surface area contributed by atoms with E-state index < -0.39 is 17.8 Å². The molecule has 2 aromatic rings. The van der Waals surface area contributed by atoms with Gasteiger partial charge in [0.25, 0.3) is 5.91 Å². The lowest BCUT2D eigenvalue weighted by Gasteiger charge is -2.06. The topological polar surface area (TPSA) is 117 Å². The lowest BCUT2D eigenvalue weighted by atomic mass is 10.1. The smallest absolute Gasteiger partial charge is 0.348 e. The fourth-order valence-electron chi connectivity index (χ4n) is 2.70. The molecule has 0 spiro atoms. The molecule has 0 unspecified atom stereocenters. The molecular weight excluding hydrogens is 396 g/mol. The predicted octanol–water partition coefficient (Wildman–Crippen LogP) is 3.10. The molecule has 152 valence electrons. The van der Waals surface area contributed by atoms with Gasteiger partial charge < -0.3 is 25.3 Å². The largest absolute Gasteiger partial charge is 0.459 e. The molecule has 2 heterocycles. The van der Waals surface area contributed by atoms with Gasteiger partial charge in [0.1, 0.15) is 9.88 Å². The summed E-state index contributed by atoms with van der Waals surface area (Å²) >= 11 is 0.953. The molecule has 0 aliphatic carbocycles. The Bertz CT molecular complexity index is 1010. The molecule has 0 saturated carbocycles. The molecule has 0 radical (unpaired) electrons. The predicted molar refractivity (Wildman–Crippen MR) is 108 cm³/mol. The number of carbonyl (C=O) groups is 3. The molecule has 8 nitrogen and oxygen atoms in total. The molecule has 0 saturated heterocycles. The summed E-state index contributed by atoms with van der Waals surface area (Å²) in [6, 6.07) is 5.28. The van der Waals surface area contributed by atoms with Crippen molar-refractivity contribution in [2.24, 2.45) is 5.73 Å². The van der Waals surface area contributed by atoms with Crippen molar-refractivity contribution in [2.75, 3.05) is 12.1 Å². The summed E-state index contributed by atoms with van der Waals surface area (Å²) in [5, 5.41) is 2.81. The van der Waals surface area contributed by atoms with Crippen molar-refractivity contribution < 1.29 is 28.6 Å². The number of anilines is 1. The van der Waals surface area contributed by atoms with Crippen LogP contribution in [0.1, 0.15) is 45.0 Å². The van der Waals surface area contributed by atoms with Crippen LogP contribution in [0.5, 0.6) is 11.5 Å². The molecule has 3 N–H and O–H groups in total. The van der Waals surface area contributed by atoms with Gasteiger partial charge in [0, 0.05) is 6.08 Å². The summed E-state index contributed by atoms with van der Waals surface area (Å²) in [6.45, 7) is 5.20. The van der Waals surface area contributed by atoms with Gasteiger partial charge in [-0.15, -0.1) is 11.3 Å². The zero-order valence-corrected chi connectivity index (χ0v) is 16.9. The van der Waals surface area contributed by atoms with E-state index in [-0.39, 0.29) is 28.3 Å². The van der Waals surface area contributed by atoms with Crippen molar-refractivity contribution in [3.63, 3.8) is 0 Å². The Labute approximate surface area is 171 Å². The first-order valence-electron chi connectivity index (χ1n) is 8.79. The van der Waals surface area contributed by atoms with E-state index in [1.54, 1.807) is 45.0 Å². The highest BCUT2D eigenvalue weighted by atomic mass is 32.1. The second-order valence-corrected chi connectivity index (χ2v) is 7.53. The maximum absolute atomic E-state index is 12.3. The molecule has 0 atom stereocenters. The zero-order valence-electron chi connectivity index (χ0n) is 16.1. The van der Waals surface area contributed by atoms with Crippen molar-refractivity contribution in [3.05, 3.63) is 45.8 Å². The van der Waals surface area contributed by atoms with Gasteiger partial charge in [-0.05, 0) is 50.1 Å². The van der Waals surface area contributed by atoms with E-state index in [0.29, 0.717) is 17.1 Å². The number of benzene rings is 1. The van der Waals surface area contributed by atoms with Crippen LogP contribution in [0.2, 0.25) is 0 Å². The standard InChI is InChI=1S/C20H20N2O6S/c1-10(2)28-20(25)17-11(3)16(18(21)24)19(29-17)22-15(23)7-5-12-4-6-13-14(8-12)27-9-26-13/h4-8,10H,9H2,1-3H3,(H2,21,24)(H,22,23)/b7-5+. The van der Waals surface area contributed by atoms with Gasteiger partial charge in [-0.25, -0.2) is 4.79 Å². The number of hydrogen-bond donors (Lipinski definition) is 2. The highest BCUT2D eigenvalue weighted by molar-refractivity contribution is 7.18. The fourth-order valence-corrected chi connectivity index (χ4v) is 3.80. The van der Waals surface area contributed by atoms with Crippen molar-refractivity contribution in [1.29, 1.82) is 0 Å². The molecule has 3 rings (SSSR count). The number of primary amides is 1. The van der Waals surface area contributed by atoms with Crippen LogP contribution in [0.3, 0.4) is 0 Å². The molecule has 1 aliphatic heterocycles. The number of amides is 2. The normalized spacial score (nSPS) is 12.4. The van der Waals surface area contributed by atoms with Crippen LogP contribution in [0.25, 0.3) is 6.08 Å².